The third-order valence-electron chi connectivity index (χ3n) is 2.98. The van der Waals surface area contributed by atoms with Gasteiger partial charge in [-0.3, -0.25) is 0 Å². The lowest BCUT2D eigenvalue weighted by atomic mass is 10.1. The van der Waals surface area contributed by atoms with Gasteiger partial charge in [0.05, 0.1) is 5.69 Å². The molecule has 0 aliphatic carbocycles. The molecule has 0 aliphatic rings. The number of rotatable bonds is 4. The molecule has 0 fully saturated rings. The molecule has 0 unspecified atom stereocenters. The van der Waals surface area contributed by atoms with E-state index in [9.17, 15) is 8.78 Å². The van der Waals surface area contributed by atoms with Crippen LogP contribution in [0.3, 0.4) is 0 Å². The van der Waals surface area contributed by atoms with Gasteiger partial charge in [0.25, 0.3) is 0 Å². The van der Waals surface area contributed by atoms with Crippen LogP contribution >= 0.6 is 0 Å². The summed E-state index contributed by atoms with van der Waals surface area (Å²) in [5, 5.41) is 0. The Hall–Kier alpha value is -1.94. The van der Waals surface area contributed by atoms with Gasteiger partial charge in [-0.15, -0.1) is 0 Å². The Morgan fingerprint density at radius 3 is 2.53 bits per heavy atom. The third-order valence-corrected chi connectivity index (χ3v) is 2.98. The SMILES string of the molecule is CN(c1cc(F)cc(CCN)c1)c1ccccc1F. The molecule has 2 aromatic carbocycles. The van der Waals surface area contributed by atoms with E-state index in [1.165, 1.54) is 18.2 Å². The molecule has 2 aromatic rings. The summed E-state index contributed by atoms with van der Waals surface area (Å²) in [6, 6.07) is 11.1. The van der Waals surface area contributed by atoms with Gasteiger partial charge in [-0.1, -0.05) is 12.1 Å². The van der Waals surface area contributed by atoms with Gasteiger partial charge in [-0.25, -0.2) is 8.78 Å². The quantitative estimate of drug-likeness (QED) is 0.916. The highest BCUT2D eigenvalue weighted by Gasteiger charge is 2.10. The van der Waals surface area contributed by atoms with Crippen LogP contribution in [0.25, 0.3) is 0 Å². The molecule has 2 nitrogen and oxygen atoms in total. The van der Waals surface area contributed by atoms with Crippen molar-refractivity contribution in [2.75, 3.05) is 18.5 Å². The third kappa shape index (κ3) is 3.09. The van der Waals surface area contributed by atoms with E-state index in [2.05, 4.69) is 0 Å². The van der Waals surface area contributed by atoms with E-state index in [0.717, 1.165) is 5.56 Å². The number of halogens is 2. The van der Waals surface area contributed by atoms with Crippen molar-refractivity contribution in [3.63, 3.8) is 0 Å². The summed E-state index contributed by atoms with van der Waals surface area (Å²) in [7, 11) is 1.71. The molecule has 0 atom stereocenters. The van der Waals surface area contributed by atoms with Crippen LogP contribution in [-0.4, -0.2) is 13.6 Å². The minimum absolute atomic E-state index is 0.338. The largest absolute Gasteiger partial charge is 0.342 e. The Morgan fingerprint density at radius 1 is 1.11 bits per heavy atom. The first-order chi connectivity index (χ1) is 9.11. The molecule has 4 heteroatoms. The first-order valence-corrected chi connectivity index (χ1v) is 6.09. The summed E-state index contributed by atoms with van der Waals surface area (Å²) in [6.45, 7) is 0.451. The lowest BCUT2D eigenvalue weighted by Crippen LogP contribution is -2.12. The van der Waals surface area contributed by atoms with E-state index >= 15 is 0 Å². The molecule has 0 heterocycles. The second-order valence-corrected chi connectivity index (χ2v) is 4.37. The number of hydrogen-bond donors (Lipinski definition) is 1. The van der Waals surface area contributed by atoms with Crippen LogP contribution in [0.15, 0.2) is 42.5 Å². The fraction of sp³-hybridized carbons (Fsp3) is 0.200. The molecule has 19 heavy (non-hydrogen) atoms. The van der Waals surface area contributed by atoms with Crippen molar-refractivity contribution < 1.29 is 8.78 Å². The lowest BCUT2D eigenvalue weighted by molar-refractivity contribution is 0.622. The van der Waals surface area contributed by atoms with Crippen LogP contribution < -0.4 is 10.6 Å². The molecule has 100 valence electrons. The molecule has 0 bridgehead atoms. The predicted molar refractivity (Wildman–Crippen MR) is 73.6 cm³/mol. The van der Waals surface area contributed by atoms with Crippen molar-refractivity contribution in [1.82, 2.24) is 0 Å². The Labute approximate surface area is 111 Å². The van der Waals surface area contributed by atoms with E-state index in [1.54, 1.807) is 30.1 Å². The van der Waals surface area contributed by atoms with Gasteiger partial charge >= 0.3 is 0 Å². The van der Waals surface area contributed by atoms with Gasteiger partial charge in [-0.05, 0) is 48.9 Å². The van der Waals surface area contributed by atoms with Gasteiger partial charge < -0.3 is 10.6 Å². The van der Waals surface area contributed by atoms with Crippen molar-refractivity contribution in [2.24, 2.45) is 5.73 Å². The second kappa shape index (κ2) is 5.80. The summed E-state index contributed by atoms with van der Waals surface area (Å²) in [5.41, 5.74) is 7.30. The molecular weight excluding hydrogens is 246 g/mol. The fourth-order valence-corrected chi connectivity index (χ4v) is 2.00. The summed E-state index contributed by atoms with van der Waals surface area (Å²) >= 11 is 0. The maximum atomic E-state index is 13.7. The van der Waals surface area contributed by atoms with Crippen molar-refractivity contribution in [2.45, 2.75) is 6.42 Å². The molecule has 0 aromatic heterocycles. The van der Waals surface area contributed by atoms with Crippen LogP contribution in [0.1, 0.15) is 5.56 Å². The van der Waals surface area contributed by atoms with Gasteiger partial charge in [0.1, 0.15) is 11.6 Å². The first-order valence-electron chi connectivity index (χ1n) is 6.09. The zero-order valence-electron chi connectivity index (χ0n) is 10.7. The Bertz CT molecular complexity index is 570. The standard InChI is InChI=1S/C15H16F2N2/c1-19(15-5-3-2-4-14(15)17)13-9-11(6-7-18)8-12(16)10-13/h2-5,8-10H,6-7,18H2,1H3. The van der Waals surface area contributed by atoms with Crippen molar-refractivity contribution in [1.29, 1.82) is 0 Å². The smallest absolute Gasteiger partial charge is 0.146 e. The van der Waals surface area contributed by atoms with Crippen LogP contribution in [0.4, 0.5) is 20.2 Å². The summed E-state index contributed by atoms with van der Waals surface area (Å²) in [4.78, 5) is 1.62. The maximum absolute atomic E-state index is 13.7. The van der Waals surface area contributed by atoms with Gasteiger partial charge in [0, 0.05) is 12.7 Å². The molecule has 0 saturated carbocycles. The fourth-order valence-electron chi connectivity index (χ4n) is 2.00. The lowest BCUT2D eigenvalue weighted by Gasteiger charge is -2.21. The highest BCUT2D eigenvalue weighted by molar-refractivity contribution is 5.63. The van der Waals surface area contributed by atoms with Crippen LogP contribution in [0, 0.1) is 11.6 Å². The van der Waals surface area contributed by atoms with Gasteiger partial charge in [-0.2, -0.15) is 0 Å². The zero-order chi connectivity index (χ0) is 13.8. The van der Waals surface area contributed by atoms with E-state index in [0.29, 0.717) is 24.3 Å². The summed E-state index contributed by atoms with van der Waals surface area (Å²) in [5.74, 6) is -0.682. The molecule has 0 radical (unpaired) electrons. The van der Waals surface area contributed by atoms with Crippen LogP contribution in [-0.2, 0) is 6.42 Å². The average Bonchev–Trinajstić information content (AvgIpc) is 2.38. The molecule has 2 rings (SSSR count). The summed E-state index contributed by atoms with van der Waals surface area (Å²) in [6.07, 6.45) is 0.593. The topological polar surface area (TPSA) is 29.3 Å². The Balaban J connectivity index is 2.38. The van der Waals surface area contributed by atoms with Gasteiger partial charge in [0.2, 0.25) is 0 Å². The number of hydrogen-bond acceptors (Lipinski definition) is 2. The Kier molecular flexibility index (Phi) is 4.12. The number of nitrogens with zero attached hydrogens (tertiary/aromatic N) is 1. The van der Waals surface area contributed by atoms with Crippen molar-refractivity contribution >= 4 is 11.4 Å². The number of benzene rings is 2. The molecule has 0 saturated heterocycles. The monoisotopic (exact) mass is 262 g/mol. The zero-order valence-corrected chi connectivity index (χ0v) is 10.7. The van der Waals surface area contributed by atoms with Crippen LogP contribution in [0.2, 0.25) is 0 Å². The van der Waals surface area contributed by atoms with E-state index in [1.807, 2.05) is 6.07 Å². The minimum atomic E-state index is -0.343. The highest BCUT2D eigenvalue weighted by atomic mass is 19.1. The first kappa shape index (κ1) is 13.5. The number of anilines is 2. The number of nitrogens with two attached hydrogens (primary N) is 1. The molecule has 2 N–H and O–H groups in total. The minimum Gasteiger partial charge on any atom is -0.342 e. The maximum Gasteiger partial charge on any atom is 0.146 e. The molecule has 0 spiro atoms. The molecular formula is C15H16F2N2. The normalized spacial score (nSPS) is 10.5. The predicted octanol–water partition coefficient (Wildman–Crippen LogP) is 3.23. The summed E-state index contributed by atoms with van der Waals surface area (Å²) < 4.78 is 27.3. The van der Waals surface area contributed by atoms with Crippen LogP contribution in [0.5, 0.6) is 0 Å². The van der Waals surface area contributed by atoms with E-state index < -0.39 is 0 Å². The van der Waals surface area contributed by atoms with Crippen molar-refractivity contribution in [3.8, 4) is 0 Å². The molecule has 0 aliphatic heterocycles. The van der Waals surface area contributed by atoms with E-state index in [-0.39, 0.29) is 11.6 Å². The highest BCUT2D eigenvalue weighted by Crippen LogP contribution is 2.27. The van der Waals surface area contributed by atoms with E-state index in [4.69, 9.17) is 5.73 Å². The Morgan fingerprint density at radius 2 is 1.84 bits per heavy atom. The second-order valence-electron chi connectivity index (χ2n) is 4.37. The van der Waals surface area contributed by atoms with Gasteiger partial charge in [0.15, 0.2) is 0 Å². The average molecular weight is 262 g/mol. The molecule has 0 amide bonds. The number of para-hydroxylation sites is 1. The van der Waals surface area contributed by atoms with Crippen molar-refractivity contribution in [3.05, 3.63) is 59.7 Å².